The zero-order chi connectivity index (χ0) is 31.6. The number of allylic oxidation sites excluding steroid dienone is 1. The molecule has 3 unspecified atom stereocenters. The molecule has 226 valence electrons. The highest BCUT2D eigenvalue weighted by Crippen LogP contribution is 2.61. The number of carbonyl (C=O) groups excluding carboxylic acids is 2. The van der Waals surface area contributed by atoms with E-state index in [-0.39, 0.29) is 5.41 Å². The Balaban J connectivity index is 2.12. The van der Waals surface area contributed by atoms with Crippen molar-refractivity contribution in [2.75, 3.05) is 0 Å². The molecule has 42 heavy (non-hydrogen) atoms. The predicted octanol–water partition coefficient (Wildman–Crippen LogP) is 8.52. The van der Waals surface area contributed by atoms with Crippen LogP contribution in [0.1, 0.15) is 110 Å². The van der Waals surface area contributed by atoms with Gasteiger partial charge in [0.2, 0.25) is 0 Å². The lowest BCUT2D eigenvalue weighted by Gasteiger charge is -2.57. The van der Waals surface area contributed by atoms with Crippen LogP contribution in [0.2, 0.25) is 0 Å². The molecule has 2 aliphatic rings. The Hall–Kier alpha value is -3.18. The van der Waals surface area contributed by atoms with E-state index in [9.17, 15) is 14.7 Å². The molecule has 3 atom stereocenters. The van der Waals surface area contributed by atoms with Crippen LogP contribution < -0.4 is 4.74 Å². The molecule has 0 spiro atoms. The normalized spacial score (nSPS) is 23.4. The summed E-state index contributed by atoms with van der Waals surface area (Å²) in [6, 6.07) is 14.7. The number of fused-ring (bicyclic) bond motifs is 1. The molecule has 1 aliphatic carbocycles. The average molecular weight is 573 g/mol. The molecule has 0 saturated heterocycles. The summed E-state index contributed by atoms with van der Waals surface area (Å²) in [7, 11) is 0. The van der Waals surface area contributed by atoms with Gasteiger partial charge in [-0.15, -0.1) is 0 Å². The van der Waals surface area contributed by atoms with Crippen molar-refractivity contribution in [2.24, 2.45) is 22.2 Å². The second-order valence-electron chi connectivity index (χ2n) is 16.1. The maximum Gasteiger partial charge on any atom is 0.343 e. The minimum absolute atomic E-state index is 0.163. The SMILES string of the molecule is CC(C)(C)C1=CC(OC(=O)c2ccccc2)=C(C2C(=O)Oc3ccc(C(C)(C)C)cc32)C(C(C)(C)C)C1(O)C(C)(C)C. The quantitative estimate of drug-likeness (QED) is 0.295. The maximum absolute atomic E-state index is 13.9. The lowest BCUT2D eigenvalue weighted by atomic mass is 9.50. The van der Waals surface area contributed by atoms with Crippen molar-refractivity contribution in [1.29, 1.82) is 0 Å². The third-order valence-corrected chi connectivity index (χ3v) is 8.67. The van der Waals surface area contributed by atoms with E-state index in [1.807, 2.05) is 51.1 Å². The van der Waals surface area contributed by atoms with Crippen LogP contribution in [0.3, 0.4) is 0 Å². The lowest BCUT2D eigenvalue weighted by molar-refractivity contribution is -0.135. The van der Waals surface area contributed by atoms with Crippen LogP contribution >= 0.6 is 0 Å². The minimum atomic E-state index is -1.38. The number of ether oxygens (including phenoxy) is 2. The van der Waals surface area contributed by atoms with E-state index in [2.05, 4.69) is 62.3 Å². The van der Waals surface area contributed by atoms with E-state index < -0.39 is 45.6 Å². The van der Waals surface area contributed by atoms with Crippen molar-refractivity contribution >= 4 is 11.9 Å². The van der Waals surface area contributed by atoms with Crippen molar-refractivity contribution in [2.45, 2.75) is 100 Å². The fraction of sp³-hybridized carbons (Fsp3) is 0.514. The first kappa shape index (κ1) is 31.7. The van der Waals surface area contributed by atoms with Crippen LogP contribution in [-0.2, 0) is 14.9 Å². The number of rotatable bonds is 3. The van der Waals surface area contributed by atoms with E-state index in [4.69, 9.17) is 9.47 Å². The van der Waals surface area contributed by atoms with Crippen LogP contribution in [0.25, 0.3) is 0 Å². The van der Waals surface area contributed by atoms with E-state index in [1.165, 1.54) is 0 Å². The first-order valence-electron chi connectivity index (χ1n) is 14.9. The summed E-state index contributed by atoms with van der Waals surface area (Å²) in [4.78, 5) is 27.5. The fourth-order valence-electron chi connectivity index (χ4n) is 6.62. The molecule has 1 N–H and O–H groups in total. The Morgan fingerprint density at radius 3 is 1.95 bits per heavy atom. The Bertz CT molecular complexity index is 1450. The highest BCUT2D eigenvalue weighted by molar-refractivity contribution is 5.92. The van der Waals surface area contributed by atoms with Gasteiger partial charge in [-0.05, 0) is 62.6 Å². The Morgan fingerprint density at radius 1 is 0.857 bits per heavy atom. The zero-order valence-corrected chi connectivity index (χ0v) is 27.4. The third-order valence-electron chi connectivity index (χ3n) is 8.67. The third kappa shape index (κ3) is 5.48. The van der Waals surface area contributed by atoms with Gasteiger partial charge >= 0.3 is 11.9 Å². The van der Waals surface area contributed by atoms with Crippen LogP contribution in [0.5, 0.6) is 5.75 Å². The van der Waals surface area contributed by atoms with Crippen molar-refractivity contribution in [1.82, 2.24) is 0 Å². The molecule has 0 fully saturated rings. The van der Waals surface area contributed by atoms with Crippen LogP contribution in [0.15, 0.2) is 71.5 Å². The Labute approximate surface area is 252 Å². The highest BCUT2D eigenvalue weighted by atomic mass is 16.5. The van der Waals surface area contributed by atoms with Gasteiger partial charge in [-0.3, -0.25) is 4.79 Å². The highest BCUT2D eigenvalue weighted by Gasteiger charge is 2.61. The van der Waals surface area contributed by atoms with Crippen LogP contribution in [-0.4, -0.2) is 22.6 Å². The second kappa shape index (κ2) is 10.2. The number of hydrogen-bond donors (Lipinski definition) is 1. The molecule has 2 aromatic carbocycles. The van der Waals surface area contributed by atoms with Gasteiger partial charge in [0.05, 0.1) is 11.2 Å². The number of benzene rings is 2. The number of hydrogen-bond acceptors (Lipinski definition) is 5. The zero-order valence-electron chi connectivity index (χ0n) is 27.4. The van der Waals surface area contributed by atoms with Crippen molar-refractivity contribution < 1.29 is 24.2 Å². The van der Waals surface area contributed by atoms with E-state index in [0.717, 1.165) is 16.7 Å². The average Bonchev–Trinajstić information content (AvgIpc) is 3.17. The van der Waals surface area contributed by atoms with Gasteiger partial charge in [-0.1, -0.05) is 113 Å². The molecule has 0 bridgehead atoms. The molecule has 0 amide bonds. The van der Waals surface area contributed by atoms with Gasteiger partial charge in [0.1, 0.15) is 17.4 Å². The molecule has 5 nitrogen and oxygen atoms in total. The summed E-state index contributed by atoms with van der Waals surface area (Å²) in [6.45, 7) is 24.9. The predicted molar refractivity (Wildman–Crippen MR) is 167 cm³/mol. The van der Waals surface area contributed by atoms with Crippen molar-refractivity contribution in [3.63, 3.8) is 0 Å². The van der Waals surface area contributed by atoms with Gasteiger partial charge in [0.25, 0.3) is 0 Å². The molecule has 0 radical (unpaired) electrons. The molecule has 1 aliphatic heterocycles. The minimum Gasteiger partial charge on any atom is -0.425 e. The number of esters is 2. The largest absolute Gasteiger partial charge is 0.425 e. The number of aliphatic hydroxyl groups is 1. The monoisotopic (exact) mass is 572 g/mol. The molecule has 5 heteroatoms. The summed E-state index contributed by atoms with van der Waals surface area (Å²) in [5.74, 6) is -1.59. The standard InChI is InChI=1S/C37H48O5/c1-33(2,3)23-18-19-25-24(20-23)28(32(39)41-25)29-26(42-31(38)22-16-14-13-15-17-22)21-27(34(4,5)6)37(40,36(10,11)12)30(29)35(7,8)9/h13-21,28,30,40H,1-12H3. The molecule has 4 rings (SSSR count). The summed E-state index contributed by atoms with van der Waals surface area (Å²) in [5, 5.41) is 13.1. The van der Waals surface area contributed by atoms with Crippen molar-refractivity contribution in [3.05, 3.63) is 88.2 Å². The first-order chi connectivity index (χ1) is 19.1. The first-order valence-corrected chi connectivity index (χ1v) is 14.9. The summed E-state index contributed by atoms with van der Waals surface area (Å²) >= 11 is 0. The summed E-state index contributed by atoms with van der Waals surface area (Å²) < 4.78 is 12.1. The van der Waals surface area contributed by atoms with Crippen LogP contribution in [0.4, 0.5) is 0 Å². The fourth-order valence-corrected chi connectivity index (χ4v) is 6.62. The van der Waals surface area contributed by atoms with E-state index >= 15 is 0 Å². The van der Waals surface area contributed by atoms with Crippen molar-refractivity contribution in [3.8, 4) is 5.75 Å². The molecule has 1 heterocycles. The summed E-state index contributed by atoms with van der Waals surface area (Å²) in [5.41, 5.74) is 0.333. The topological polar surface area (TPSA) is 72.8 Å². The summed E-state index contributed by atoms with van der Waals surface area (Å²) in [6.07, 6.45) is 1.82. The van der Waals surface area contributed by atoms with Gasteiger partial charge in [0.15, 0.2) is 0 Å². The lowest BCUT2D eigenvalue weighted by Crippen LogP contribution is -2.59. The van der Waals surface area contributed by atoms with E-state index in [1.54, 1.807) is 24.3 Å². The smallest absolute Gasteiger partial charge is 0.343 e. The van der Waals surface area contributed by atoms with Gasteiger partial charge in [0, 0.05) is 11.5 Å². The van der Waals surface area contributed by atoms with Gasteiger partial charge in [-0.25, -0.2) is 4.79 Å². The van der Waals surface area contributed by atoms with Gasteiger partial charge in [-0.2, -0.15) is 0 Å². The van der Waals surface area contributed by atoms with Crippen LogP contribution in [0, 0.1) is 22.2 Å². The second-order valence-corrected chi connectivity index (χ2v) is 16.1. The number of carbonyl (C=O) groups is 2. The Kier molecular flexibility index (Phi) is 7.73. The molecule has 0 saturated carbocycles. The molecule has 0 aromatic heterocycles. The maximum atomic E-state index is 13.9. The molecular weight excluding hydrogens is 524 g/mol. The van der Waals surface area contributed by atoms with E-state index in [0.29, 0.717) is 22.6 Å². The molecular formula is C37H48O5. The molecule has 2 aromatic rings. The van der Waals surface area contributed by atoms with Gasteiger partial charge < -0.3 is 14.6 Å². The Morgan fingerprint density at radius 2 is 1.45 bits per heavy atom.